The van der Waals surface area contributed by atoms with Crippen molar-refractivity contribution in [1.82, 2.24) is 15.2 Å². The van der Waals surface area contributed by atoms with Crippen LogP contribution in [0.2, 0.25) is 5.02 Å². The Morgan fingerprint density at radius 1 is 1.36 bits per heavy atom. The zero-order valence-corrected chi connectivity index (χ0v) is 15.9. The number of ether oxygens (including phenoxy) is 1. The quantitative estimate of drug-likeness (QED) is 0.858. The first-order chi connectivity index (χ1) is 11.9. The van der Waals surface area contributed by atoms with E-state index in [1.807, 2.05) is 32.0 Å². The lowest BCUT2D eigenvalue weighted by atomic mass is 10.0. The first kappa shape index (κ1) is 18.2. The molecule has 1 aromatic carbocycles. The lowest BCUT2D eigenvalue weighted by Gasteiger charge is -2.39. The fourth-order valence-electron chi connectivity index (χ4n) is 3.46. The molecular formula is C19H26ClN3O2. The van der Waals surface area contributed by atoms with Gasteiger partial charge in [-0.2, -0.15) is 0 Å². The molecule has 5 nitrogen and oxygen atoms in total. The molecule has 0 bridgehead atoms. The molecule has 1 aromatic heterocycles. The maximum absolute atomic E-state index is 12.7. The molecular weight excluding hydrogens is 338 g/mol. The molecule has 0 atom stereocenters. The molecule has 0 spiro atoms. The van der Waals surface area contributed by atoms with Gasteiger partial charge in [0.1, 0.15) is 0 Å². The van der Waals surface area contributed by atoms with Gasteiger partial charge in [-0.1, -0.05) is 11.6 Å². The van der Waals surface area contributed by atoms with Gasteiger partial charge < -0.3 is 15.0 Å². The van der Waals surface area contributed by atoms with Crippen molar-refractivity contribution in [2.24, 2.45) is 0 Å². The molecule has 25 heavy (non-hydrogen) atoms. The number of aromatic nitrogens is 1. The van der Waals surface area contributed by atoms with E-state index >= 15 is 0 Å². The summed E-state index contributed by atoms with van der Waals surface area (Å²) in [4.78, 5) is 18.2. The average molecular weight is 364 g/mol. The third kappa shape index (κ3) is 3.84. The van der Waals surface area contributed by atoms with Crippen LogP contribution in [-0.2, 0) is 16.0 Å². The number of halogens is 1. The van der Waals surface area contributed by atoms with E-state index in [1.54, 1.807) is 0 Å². The summed E-state index contributed by atoms with van der Waals surface area (Å²) in [5.41, 5.74) is 2.89. The highest BCUT2D eigenvalue weighted by Crippen LogP contribution is 2.25. The molecule has 1 amide bonds. The van der Waals surface area contributed by atoms with Crippen LogP contribution >= 0.6 is 11.6 Å². The van der Waals surface area contributed by atoms with Gasteiger partial charge in [0.15, 0.2) is 0 Å². The summed E-state index contributed by atoms with van der Waals surface area (Å²) in [5, 5.41) is 4.96. The Kier molecular flexibility index (Phi) is 5.37. The van der Waals surface area contributed by atoms with E-state index in [0.29, 0.717) is 19.8 Å². The Hall–Kier alpha value is -1.56. The van der Waals surface area contributed by atoms with Crippen LogP contribution in [-0.4, -0.2) is 54.2 Å². The normalized spacial score (nSPS) is 16.3. The van der Waals surface area contributed by atoms with Crippen molar-refractivity contribution in [2.75, 3.05) is 32.8 Å². The number of carbonyl (C=O) groups is 1. The van der Waals surface area contributed by atoms with Crippen molar-refractivity contribution in [2.45, 2.75) is 32.7 Å². The van der Waals surface area contributed by atoms with Gasteiger partial charge in [-0.3, -0.25) is 9.69 Å². The number of hydrogen-bond acceptors (Lipinski definition) is 3. The maximum atomic E-state index is 12.7. The van der Waals surface area contributed by atoms with E-state index in [9.17, 15) is 4.79 Å². The van der Waals surface area contributed by atoms with Crippen LogP contribution < -0.4 is 5.32 Å². The fraction of sp³-hybridized carbons (Fsp3) is 0.526. The number of amides is 1. The third-order valence-corrected chi connectivity index (χ3v) is 5.33. The van der Waals surface area contributed by atoms with Crippen molar-refractivity contribution in [3.05, 3.63) is 34.5 Å². The van der Waals surface area contributed by atoms with Crippen LogP contribution in [0.15, 0.2) is 18.2 Å². The number of nitrogens with zero attached hydrogens (tertiary/aromatic N) is 1. The smallest absolute Gasteiger partial charge is 0.239 e. The maximum Gasteiger partial charge on any atom is 0.239 e. The molecule has 3 rings (SSSR count). The van der Waals surface area contributed by atoms with Gasteiger partial charge in [0.25, 0.3) is 0 Å². The predicted molar refractivity (Wildman–Crippen MR) is 101 cm³/mol. The third-order valence-electron chi connectivity index (χ3n) is 5.10. The van der Waals surface area contributed by atoms with Crippen LogP contribution in [0.1, 0.15) is 25.1 Å². The Morgan fingerprint density at radius 2 is 2.08 bits per heavy atom. The summed E-state index contributed by atoms with van der Waals surface area (Å²) in [5.74, 6) is 0.0601. The minimum absolute atomic E-state index is 0.0601. The lowest BCUT2D eigenvalue weighted by molar-refractivity contribution is -0.134. The van der Waals surface area contributed by atoms with Crippen molar-refractivity contribution in [3.63, 3.8) is 0 Å². The molecule has 2 N–H and O–H groups in total. The van der Waals surface area contributed by atoms with E-state index in [4.69, 9.17) is 16.3 Å². The molecule has 1 aliphatic heterocycles. The minimum atomic E-state index is -0.525. The number of morpholine rings is 1. The summed E-state index contributed by atoms with van der Waals surface area (Å²) < 4.78 is 5.38. The largest absolute Gasteiger partial charge is 0.379 e. The summed E-state index contributed by atoms with van der Waals surface area (Å²) in [6.45, 7) is 9.57. The molecule has 2 heterocycles. The van der Waals surface area contributed by atoms with Crippen molar-refractivity contribution in [3.8, 4) is 0 Å². The molecule has 1 aliphatic rings. The number of nitrogens with one attached hydrogen (secondary N) is 2. The molecule has 0 aliphatic carbocycles. The van der Waals surface area contributed by atoms with Crippen molar-refractivity contribution >= 4 is 28.4 Å². The van der Waals surface area contributed by atoms with E-state index in [1.165, 1.54) is 5.56 Å². The highest BCUT2D eigenvalue weighted by atomic mass is 35.5. The first-order valence-corrected chi connectivity index (χ1v) is 9.15. The average Bonchev–Trinajstić information content (AvgIpc) is 2.90. The summed E-state index contributed by atoms with van der Waals surface area (Å²) in [7, 11) is 0. The Morgan fingerprint density at radius 3 is 2.80 bits per heavy atom. The number of carbonyl (C=O) groups excluding carboxylic acids is 1. The zero-order valence-electron chi connectivity index (χ0n) is 15.1. The number of fused-ring (bicyclic) bond motifs is 1. The molecule has 0 saturated carbocycles. The van der Waals surface area contributed by atoms with Crippen LogP contribution in [0, 0.1) is 6.92 Å². The van der Waals surface area contributed by atoms with Crippen molar-refractivity contribution < 1.29 is 9.53 Å². The molecule has 1 saturated heterocycles. The van der Waals surface area contributed by atoms with Crippen LogP contribution in [0.5, 0.6) is 0 Å². The van der Waals surface area contributed by atoms with Crippen molar-refractivity contribution in [1.29, 1.82) is 0 Å². The van der Waals surface area contributed by atoms with E-state index in [0.717, 1.165) is 41.1 Å². The number of aryl methyl sites for hydroxylation is 1. The highest BCUT2D eigenvalue weighted by Gasteiger charge is 2.35. The van der Waals surface area contributed by atoms with Gasteiger partial charge in [0, 0.05) is 41.3 Å². The first-order valence-electron chi connectivity index (χ1n) is 8.77. The van der Waals surface area contributed by atoms with Crippen LogP contribution in [0.4, 0.5) is 0 Å². The zero-order chi connectivity index (χ0) is 18.0. The van der Waals surface area contributed by atoms with Gasteiger partial charge in [0.05, 0.1) is 18.8 Å². The Bertz CT molecular complexity index is 763. The fourth-order valence-corrected chi connectivity index (χ4v) is 3.63. The highest BCUT2D eigenvalue weighted by molar-refractivity contribution is 6.31. The second kappa shape index (κ2) is 7.36. The molecule has 1 fully saturated rings. The van der Waals surface area contributed by atoms with Gasteiger partial charge in [0.2, 0.25) is 5.91 Å². The predicted octanol–water partition coefficient (Wildman–Crippen LogP) is 2.90. The molecule has 0 unspecified atom stereocenters. The molecule has 2 aromatic rings. The second-order valence-electron chi connectivity index (χ2n) is 7.08. The number of aromatic amines is 1. The number of benzene rings is 1. The SMILES string of the molecule is Cc1[nH]c2ccc(Cl)cc2c1CCNC(=O)C(C)(C)N1CCOCC1. The van der Waals surface area contributed by atoms with E-state index in [2.05, 4.69) is 22.1 Å². The second-order valence-corrected chi connectivity index (χ2v) is 7.52. The number of hydrogen-bond donors (Lipinski definition) is 2. The van der Waals surface area contributed by atoms with E-state index in [-0.39, 0.29) is 5.91 Å². The van der Waals surface area contributed by atoms with Crippen LogP contribution in [0.3, 0.4) is 0 Å². The van der Waals surface area contributed by atoms with E-state index < -0.39 is 5.54 Å². The summed E-state index contributed by atoms with van der Waals surface area (Å²) >= 11 is 6.13. The Labute approximate surface area is 153 Å². The summed E-state index contributed by atoms with van der Waals surface area (Å²) in [6.07, 6.45) is 0.775. The monoisotopic (exact) mass is 363 g/mol. The number of rotatable bonds is 5. The van der Waals surface area contributed by atoms with Gasteiger partial charge in [-0.05, 0) is 51.0 Å². The topological polar surface area (TPSA) is 57.4 Å². The van der Waals surface area contributed by atoms with Gasteiger partial charge in [-0.25, -0.2) is 0 Å². The standard InChI is InChI=1S/C19H26ClN3O2/c1-13-15(16-12-14(20)4-5-17(16)22-13)6-7-21-18(24)19(2,3)23-8-10-25-11-9-23/h4-5,12,22H,6-11H2,1-3H3,(H,21,24). The summed E-state index contributed by atoms with van der Waals surface area (Å²) in [6, 6.07) is 5.86. The van der Waals surface area contributed by atoms with Crippen LogP contribution in [0.25, 0.3) is 10.9 Å². The Balaban J connectivity index is 1.63. The number of H-pyrrole nitrogens is 1. The molecule has 0 radical (unpaired) electrons. The van der Waals surface area contributed by atoms with Gasteiger partial charge >= 0.3 is 0 Å². The molecule has 136 valence electrons. The molecule has 6 heteroatoms. The van der Waals surface area contributed by atoms with Gasteiger partial charge in [-0.15, -0.1) is 0 Å². The minimum Gasteiger partial charge on any atom is -0.379 e. The lowest BCUT2D eigenvalue weighted by Crippen LogP contribution is -2.58.